The van der Waals surface area contributed by atoms with E-state index in [1.54, 1.807) is 37.3 Å². The minimum Gasteiger partial charge on any atom is -0.503 e. The molecule has 2 aromatic rings. The van der Waals surface area contributed by atoms with Crippen molar-refractivity contribution in [3.8, 4) is 23.0 Å². The number of imide groups is 1. The first-order chi connectivity index (χ1) is 15.4. The Morgan fingerprint density at radius 2 is 2.06 bits per heavy atom. The molecule has 0 radical (unpaired) electrons. The number of nitrogens with zero attached hydrogens (tertiary/aromatic N) is 1. The van der Waals surface area contributed by atoms with Gasteiger partial charge in [-0.25, -0.2) is 0 Å². The summed E-state index contributed by atoms with van der Waals surface area (Å²) in [6, 6.07) is 8.06. The van der Waals surface area contributed by atoms with Crippen LogP contribution in [0.4, 0.5) is 10.5 Å². The number of rotatable bonds is 6. The van der Waals surface area contributed by atoms with Crippen molar-refractivity contribution in [2.24, 2.45) is 0 Å². The maximum atomic E-state index is 12.7. The normalized spacial score (nSPS) is 16.1. The van der Waals surface area contributed by atoms with E-state index in [-0.39, 0.29) is 23.2 Å². The minimum absolute atomic E-state index is 0.0581. The quantitative estimate of drug-likeness (QED) is 0.550. The number of amides is 3. The smallest absolute Gasteiger partial charge is 0.294 e. The highest BCUT2D eigenvalue weighted by atomic mass is 79.9. The monoisotopic (exact) mass is 520 g/mol. The van der Waals surface area contributed by atoms with E-state index in [0.29, 0.717) is 33.8 Å². The fraction of sp³-hybridized carbons (Fsp3) is 0.190. The maximum Gasteiger partial charge on any atom is 0.294 e. The summed E-state index contributed by atoms with van der Waals surface area (Å²) in [6.45, 7) is 1.80. The summed E-state index contributed by atoms with van der Waals surface area (Å²) in [7, 11) is 0. The first-order valence-corrected chi connectivity index (χ1v) is 11.1. The van der Waals surface area contributed by atoms with Crippen molar-refractivity contribution >= 4 is 56.5 Å². The molecule has 166 valence electrons. The van der Waals surface area contributed by atoms with Gasteiger partial charge in [-0.15, -0.1) is 0 Å². The molecule has 0 atom stereocenters. The van der Waals surface area contributed by atoms with E-state index in [1.807, 2.05) is 0 Å². The second-order valence-electron chi connectivity index (χ2n) is 6.67. The van der Waals surface area contributed by atoms with Gasteiger partial charge in [0.05, 0.1) is 16.0 Å². The molecule has 3 amide bonds. The van der Waals surface area contributed by atoms with E-state index in [1.165, 1.54) is 6.08 Å². The van der Waals surface area contributed by atoms with Gasteiger partial charge >= 0.3 is 0 Å². The number of halogens is 1. The molecule has 0 spiro atoms. The molecule has 0 saturated carbocycles. The zero-order chi connectivity index (χ0) is 22.8. The average Bonchev–Trinajstić information content (AvgIpc) is 3.31. The molecule has 9 nitrogen and oxygen atoms in total. The molecule has 2 heterocycles. The second kappa shape index (κ2) is 9.13. The highest BCUT2D eigenvalue weighted by molar-refractivity contribution is 9.10. The van der Waals surface area contributed by atoms with Crippen LogP contribution in [-0.4, -0.2) is 47.0 Å². The van der Waals surface area contributed by atoms with Gasteiger partial charge in [0, 0.05) is 11.8 Å². The van der Waals surface area contributed by atoms with Crippen molar-refractivity contribution in [2.45, 2.75) is 6.92 Å². The number of anilines is 1. The highest BCUT2D eigenvalue weighted by Gasteiger charge is 2.36. The van der Waals surface area contributed by atoms with Crippen molar-refractivity contribution in [1.82, 2.24) is 4.90 Å². The number of hydrogen-bond acceptors (Lipinski definition) is 8. The molecule has 2 aliphatic heterocycles. The fourth-order valence-electron chi connectivity index (χ4n) is 3.05. The number of benzene rings is 2. The molecular weight excluding hydrogens is 504 g/mol. The summed E-state index contributed by atoms with van der Waals surface area (Å²) in [5, 5.41) is 12.1. The summed E-state index contributed by atoms with van der Waals surface area (Å²) >= 11 is 3.97. The summed E-state index contributed by atoms with van der Waals surface area (Å²) in [6.07, 6.45) is 1.51. The van der Waals surface area contributed by atoms with Crippen LogP contribution in [0, 0.1) is 0 Å². The van der Waals surface area contributed by atoms with Crippen molar-refractivity contribution in [1.29, 1.82) is 0 Å². The zero-order valence-corrected chi connectivity index (χ0v) is 19.1. The lowest BCUT2D eigenvalue weighted by molar-refractivity contribution is -0.127. The summed E-state index contributed by atoms with van der Waals surface area (Å²) < 4.78 is 16.3. The minimum atomic E-state index is -0.581. The van der Waals surface area contributed by atoms with Crippen LogP contribution in [0.1, 0.15) is 12.5 Å². The number of phenolic OH excluding ortho intramolecular Hbond substituents is 1. The van der Waals surface area contributed by atoms with Gasteiger partial charge in [-0.1, -0.05) is 0 Å². The molecule has 0 aromatic heterocycles. The molecule has 2 aromatic carbocycles. The van der Waals surface area contributed by atoms with Crippen molar-refractivity contribution in [3.05, 3.63) is 45.3 Å². The first kappa shape index (κ1) is 22.0. The highest BCUT2D eigenvalue weighted by Crippen LogP contribution is 2.38. The second-order valence-corrected chi connectivity index (χ2v) is 8.51. The number of ether oxygens (including phenoxy) is 3. The molecule has 2 aliphatic rings. The van der Waals surface area contributed by atoms with Gasteiger partial charge in [-0.2, -0.15) is 0 Å². The lowest BCUT2D eigenvalue weighted by Crippen LogP contribution is -2.36. The van der Waals surface area contributed by atoms with Gasteiger partial charge in [-0.3, -0.25) is 19.3 Å². The third kappa shape index (κ3) is 4.53. The van der Waals surface area contributed by atoms with Gasteiger partial charge < -0.3 is 24.6 Å². The molecule has 0 aliphatic carbocycles. The summed E-state index contributed by atoms with van der Waals surface area (Å²) in [5.74, 6) is 0.157. The van der Waals surface area contributed by atoms with E-state index >= 15 is 0 Å². The van der Waals surface area contributed by atoms with E-state index in [0.717, 1.165) is 16.7 Å². The van der Waals surface area contributed by atoms with Gasteiger partial charge in [0.25, 0.3) is 11.1 Å². The van der Waals surface area contributed by atoms with E-state index < -0.39 is 23.6 Å². The topological polar surface area (TPSA) is 114 Å². The van der Waals surface area contributed by atoms with Crippen LogP contribution >= 0.6 is 27.7 Å². The summed E-state index contributed by atoms with van der Waals surface area (Å²) in [4.78, 5) is 38.5. The Bertz CT molecular complexity index is 1150. The largest absolute Gasteiger partial charge is 0.503 e. The van der Waals surface area contributed by atoms with Crippen LogP contribution in [0.3, 0.4) is 0 Å². The molecular formula is C21H17BrN2O7S. The Morgan fingerprint density at radius 1 is 1.28 bits per heavy atom. The van der Waals surface area contributed by atoms with Gasteiger partial charge in [-0.05, 0) is 70.5 Å². The van der Waals surface area contributed by atoms with Gasteiger partial charge in [0.15, 0.2) is 23.0 Å². The van der Waals surface area contributed by atoms with Gasteiger partial charge in [0.2, 0.25) is 12.7 Å². The number of fused-ring (bicyclic) bond motifs is 1. The van der Waals surface area contributed by atoms with Crippen molar-refractivity contribution < 1.29 is 33.7 Å². The fourth-order valence-corrected chi connectivity index (χ4v) is 4.35. The van der Waals surface area contributed by atoms with E-state index in [4.69, 9.17) is 14.2 Å². The lowest BCUT2D eigenvalue weighted by Gasteiger charge is -2.12. The van der Waals surface area contributed by atoms with E-state index in [2.05, 4.69) is 21.2 Å². The van der Waals surface area contributed by atoms with Crippen LogP contribution in [0.15, 0.2) is 39.7 Å². The number of aromatic hydroxyl groups is 1. The van der Waals surface area contributed by atoms with E-state index in [9.17, 15) is 19.5 Å². The van der Waals surface area contributed by atoms with Crippen LogP contribution < -0.4 is 19.5 Å². The lowest BCUT2D eigenvalue weighted by atomic mass is 10.2. The van der Waals surface area contributed by atoms with Crippen LogP contribution in [-0.2, 0) is 9.59 Å². The number of thioether (sulfide) groups is 1. The molecule has 4 rings (SSSR count). The Balaban J connectivity index is 1.46. The zero-order valence-electron chi connectivity index (χ0n) is 16.7. The Morgan fingerprint density at radius 3 is 2.84 bits per heavy atom. The van der Waals surface area contributed by atoms with Crippen molar-refractivity contribution in [2.75, 3.05) is 25.3 Å². The van der Waals surface area contributed by atoms with Crippen LogP contribution in [0.2, 0.25) is 0 Å². The first-order valence-electron chi connectivity index (χ1n) is 9.46. The number of phenols is 1. The SMILES string of the molecule is CCOc1cc(/C=C2/SC(=O)N(CC(=O)Nc3ccc4c(c3)OCO4)C2=O)cc(Br)c1O. The molecule has 32 heavy (non-hydrogen) atoms. The molecule has 2 N–H and O–H groups in total. The molecule has 1 saturated heterocycles. The van der Waals surface area contributed by atoms with Crippen LogP contribution in [0.25, 0.3) is 6.08 Å². The Labute approximate surface area is 195 Å². The molecule has 1 fully saturated rings. The predicted octanol–water partition coefficient (Wildman–Crippen LogP) is 3.96. The number of carbonyl (C=O) groups excluding carboxylic acids is 3. The maximum absolute atomic E-state index is 12.7. The third-order valence-electron chi connectivity index (χ3n) is 4.48. The standard InChI is InChI=1S/C21H17BrN2O7S/c1-2-29-16-6-11(5-13(22)19(16)26)7-17-20(27)24(21(28)32-17)9-18(25)23-12-3-4-14-15(8-12)31-10-30-14/h3-8,26H,2,9-10H2,1H3,(H,23,25)/b17-7+. The summed E-state index contributed by atoms with van der Waals surface area (Å²) in [5.41, 5.74) is 1.01. The Kier molecular flexibility index (Phi) is 6.28. The van der Waals surface area contributed by atoms with Gasteiger partial charge in [0.1, 0.15) is 6.54 Å². The third-order valence-corrected chi connectivity index (χ3v) is 5.99. The van der Waals surface area contributed by atoms with Crippen LogP contribution in [0.5, 0.6) is 23.0 Å². The average molecular weight is 521 g/mol. The molecule has 0 unspecified atom stereocenters. The van der Waals surface area contributed by atoms with Crippen molar-refractivity contribution in [3.63, 3.8) is 0 Å². The molecule has 0 bridgehead atoms. The molecule has 11 heteroatoms. The number of carbonyl (C=O) groups is 3. The number of hydrogen-bond donors (Lipinski definition) is 2. The Hall–Kier alpha value is -3.18. The predicted molar refractivity (Wildman–Crippen MR) is 121 cm³/mol. The number of nitrogens with one attached hydrogen (secondary N) is 1.